The van der Waals surface area contributed by atoms with Crippen LogP contribution < -0.4 is 0 Å². The van der Waals surface area contributed by atoms with Gasteiger partial charge >= 0.3 is 0 Å². The maximum Gasteiger partial charge on any atom is 0.214 e. The maximum absolute atomic E-state index is 4.53. The first-order chi connectivity index (χ1) is 7.16. The summed E-state index contributed by atoms with van der Waals surface area (Å²) in [4.78, 5) is 5.46. The van der Waals surface area contributed by atoms with Crippen molar-refractivity contribution in [1.29, 1.82) is 0 Å². The van der Waals surface area contributed by atoms with Gasteiger partial charge in [-0.3, -0.25) is 4.40 Å². The smallest absolute Gasteiger partial charge is 0.214 e. The molecule has 15 heavy (non-hydrogen) atoms. The van der Waals surface area contributed by atoms with Gasteiger partial charge in [-0.1, -0.05) is 0 Å². The second-order valence-corrected chi connectivity index (χ2v) is 5.05. The van der Waals surface area contributed by atoms with Crippen molar-refractivity contribution in [3.63, 3.8) is 0 Å². The molecular formula is C10H8BrN3S. The summed E-state index contributed by atoms with van der Waals surface area (Å²) in [5.41, 5.74) is 4.71. The molecule has 3 rings (SSSR count). The van der Waals surface area contributed by atoms with Crippen molar-refractivity contribution in [2.24, 2.45) is 0 Å². The van der Waals surface area contributed by atoms with E-state index in [9.17, 15) is 0 Å². The number of aryl methyl sites for hydroxylation is 2. The van der Waals surface area contributed by atoms with Gasteiger partial charge in [-0.15, -0.1) is 0 Å². The largest absolute Gasteiger partial charge is 0.260 e. The molecule has 0 radical (unpaired) electrons. The van der Waals surface area contributed by atoms with E-state index < -0.39 is 0 Å². The van der Waals surface area contributed by atoms with Gasteiger partial charge in [-0.05, 0) is 53.0 Å². The van der Waals surface area contributed by atoms with E-state index in [1.165, 1.54) is 22.7 Å². The fourth-order valence-electron chi connectivity index (χ4n) is 1.67. The number of benzene rings is 1. The molecule has 3 aromatic rings. The molecule has 0 aliphatic rings. The van der Waals surface area contributed by atoms with Crippen LogP contribution in [0.1, 0.15) is 11.1 Å². The van der Waals surface area contributed by atoms with Crippen molar-refractivity contribution >= 4 is 43.5 Å². The van der Waals surface area contributed by atoms with Gasteiger partial charge in [0.15, 0.2) is 4.73 Å². The van der Waals surface area contributed by atoms with Crippen molar-refractivity contribution in [2.75, 3.05) is 0 Å². The Labute approximate surface area is 99.0 Å². The number of rotatable bonds is 0. The Balaban J connectivity index is 2.57. The summed E-state index contributed by atoms with van der Waals surface area (Å²) in [7, 11) is 0. The van der Waals surface area contributed by atoms with Gasteiger partial charge in [0.05, 0.1) is 11.0 Å². The van der Waals surface area contributed by atoms with E-state index >= 15 is 0 Å². The highest BCUT2D eigenvalue weighted by atomic mass is 79.9. The lowest BCUT2D eigenvalue weighted by Crippen LogP contribution is -1.84. The normalized spacial score (nSPS) is 11.7. The SMILES string of the molecule is Cc1cc2nc3snc(Br)n3c2cc1C. The van der Waals surface area contributed by atoms with Gasteiger partial charge in [0.1, 0.15) is 0 Å². The number of aromatic nitrogens is 3. The fourth-order valence-corrected chi connectivity index (χ4v) is 3.01. The summed E-state index contributed by atoms with van der Waals surface area (Å²) in [6.07, 6.45) is 0. The molecule has 0 atom stereocenters. The molecule has 76 valence electrons. The topological polar surface area (TPSA) is 30.2 Å². The van der Waals surface area contributed by atoms with Gasteiger partial charge in [-0.25, -0.2) is 4.98 Å². The predicted octanol–water partition coefficient (Wildman–Crippen LogP) is 3.32. The molecule has 0 aliphatic carbocycles. The minimum atomic E-state index is 0.827. The second kappa shape index (κ2) is 3.02. The molecule has 0 N–H and O–H groups in total. The molecule has 0 fully saturated rings. The van der Waals surface area contributed by atoms with E-state index in [0.717, 1.165) is 20.7 Å². The fraction of sp³-hybridized carbons (Fsp3) is 0.200. The number of hydrogen-bond acceptors (Lipinski definition) is 3. The summed E-state index contributed by atoms with van der Waals surface area (Å²) in [6.45, 7) is 4.22. The van der Waals surface area contributed by atoms with Crippen molar-refractivity contribution in [3.8, 4) is 0 Å². The zero-order valence-electron chi connectivity index (χ0n) is 8.28. The molecule has 0 spiro atoms. The Morgan fingerprint density at radius 1 is 1.27 bits per heavy atom. The Morgan fingerprint density at radius 3 is 2.80 bits per heavy atom. The monoisotopic (exact) mass is 281 g/mol. The van der Waals surface area contributed by atoms with Crippen molar-refractivity contribution in [2.45, 2.75) is 13.8 Å². The van der Waals surface area contributed by atoms with Crippen molar-refractivity contribution in [3.05, 3.63) is 28.0 Å². The molecule has 3 nitrogen and oxygen atoms in total. The average Bonchev–Trinajstić information content (AvgIpc) is 2.69. The van der Waals surface area contributed by atoms with Crippen LogP contribution in [-0.4, -0.2) is 13.8 Å². The van der Waals surface area contributed by atoms with Crippen LogP contribution in [0, 0.1) is 13.8 Å². The Kier molecular flexibility index (Phi) is 1.87. The number of fused-ring (bicyclic) bond motifs is 3. The number of hydrogen-bond donors (Lipinski definition) is 0. The number of imidazole rings is 1. The molecule has 2 heterocycles. The Bertz CT molecular complexity index is 668. The third-order valence-electron chi connectivity index (χ3n) is 2.63. The molecule has 0 aliphatic heterocycles. The minimum absolute atomic E-state index is 0.827. The van der Waals surface area contributed by atoms with Gasteiger partial charge in [0.2, 0.25) is 4.96 Å². The van der Waals surface area contributed by atoms with Crippen LogP contribution in [0.2, 0.25) is 0 Å². The number of halogens is 1. The van der Waals surface area contributed by atoms with Gasteiger partial charge < -0.3 is 0 Å². The first-order valence-electron chi connectivity index (χ1n) is 4.57. The number of nitrogens with zero attached hydrogens (tertiary/aromatic N) is 3. The van der Waals surface area contributed by atoms with Crippen molar-refractivity contribution in [1.82, 2.24) is 13.8 Å². The van der Waals surface area contributed by atoms with E-state index in [4.69, 9.17) is 0 Å². The first kappa shape index (κ1) is 9.30. The van der Waals surface area contributed by atoms with Crippen LogP contribution in [0.5, 0.6) is 0 Å². The first-order valence-corrected chi connectivity index (χ1v) is 6.14. The average molecular weight is 282 g/mol. The molecule has 0 saturated heterocycles. The Morgan fingerprint density at radius 2 is 2.00 bits per heavy atom. The summed E-state index contributed by atoms with van der Waals surface area (Å²) < 4.78 is 7.08. The highest BCUT2D eigenvalue weighted by Crippen LogP contribution is 2.26. The lowest BCUT2D eigenvalue weighted by Gasteiger charge is -1.99. The van der Waals surface area contributed by atoms with Crippen molar-refractivity contribution < 1.29 is 0 Å². The van der Waals surface area contributed by atoms with Crippen LogP contribution in [-0.2, 0) is 0 Å². The molecule has 0 bridgehead atoms. The summed E-state index contributed by atoms with van der Waals surface area (Å²) in [6, 6.07) is 4.28. The minimum Gasteiger partial charge on any atom is -0.260 e. The van der Waals surface area contributed by atoms with Gasteiger partial charge in [-0.2, -0.15) is 4.37 Å². The molecule has 0 unspecified atom stereocenters. The second-order valence-electron chi connectivity index (χ2n) is 3.61. The van der Waals surface area contributed by atoms with Gasteiger partial charge in [0.25, 0.3) is 0 Å². The van der Waals surface area contributed by atoms with Crippen LogP contribution in [0.3, 0.4) is 0 Å². The molecule has 0 amide bonds. The van der Waals surface area contributed by atoms with E-state index in [2.05, 4.69) is 51.3 Å². The highest BCUT2D eigenvalue weighted by molar-refractivity contribution is 9.10. The van der Waals surface area contributed by atoms with E-state index in [1.807, 2.05) is 4.40 Å². The summed E-state index contributed by atoms with van der Waals surface area (Å²) in [5.74, 6) is 0. The molecule has 1 aromatic carbocycles. The standard InChI is InChI=1S/C10H8BrN3S/c1-5-3-7-8(4-6(5)2)14-9(11)13-15-10(14)12-7/h3-4H,1-2H3. The third kappa shape index (κ3) is 1.23. The Hall–Kier alpha value is -0.940. The zero-order valence-corrected chi connectivity index (χ0v) is 10.7. The highest BCUT2D eigenvalue weighted by Gasteiger charge is 2.11. The third-order valence-corrected chi connectivity index (χ3v) is 4.09. The molecule has 5 heteroatoms. The van der Waals surface area contributed by atoms with Crippen LogP contribution in [0.4, 0.5) is 0 Å². The predicted molar refractivity (Wildman–Crippen MR) is 65.5 cm³/mol. The van der Waals surface area contributed by atoms with Crippen LogP contribution in [0.25, 0.3) is 16.0 Å². The van der Waals surface area contributed by atoms with E-state index in [-0.39, 0.29) is 0 Å². The van der Waals surface area contributed by atoms with Crippen LogP contribution in [0.15, 0.2) is 16.9 Å². The summed E-state index contributed by atoms with van der Waals surface area (Å²) >= 11 is 4.84. The maximum atomic E-state index is 4.53. The summed E-state index contributed by atoms with van der Waals surface area (Å²) in [5, 5.41) is 0. The van der Waals surface area contributed by atoms with Gasteiger partial charge in [0, 0.05) is 11.5 Å². The lowest BCUT2D eigenvalue weighted by atomic mass is 10.1. The lowest BCUT2D eigenvalue weighted by molar-refractivity contribution is 1.16. The zero-order chi connectivity index (χ0) is 10.6. The van der Waals surface area contributed by atoms with E-state index in [0.29, 0.717) is 0 Å². The molecule has 2 aromatic heterocycles. The van der Waals surface area contributed by atoms with E-state index in [1.54, 1.807) is 0 Å². The molecular weight excluding hydrogens is 274 g/mol. The molecule has 0 saturated carbocycles. The quantitative estimate of drug-likeness (QED) is 0.633. The van der Waals surface area contributed by atoms with Crippen LogP contribution >= 0.6 is 27.5 Å².